The quantitative estimate of drug-likeness (QED) is 0.707. The summed E-state index contributed by atoms with van der Waals surface area (Å²) in [6.07, 6.45) is -0.265. The fourth-order valence-electron chi connectivity index (χ4n) is 2.15. The van der Waals surface area contributed by atoms with Gasteiger partial charge in [0.25, 0.3) is 5.91 Å². The summed E-state index contributed by atoms with van der Waals surface area (Å²) in [5.74, 6) is -1.55. The van der Waals surface area contributed by atoms with Crippen molar-refractivity contribution in [3.05, 3.63) is 71.8 Å². The zero-order valence-corrected chi connectivity index (χ0v) is 13.1. The highest BCUT2D eigenvalue weighted by Crippen LogP contribution is 2.02. The second-order valence-electron chi connectivity index (χ2n) is 5.27. The molecule has 0 aliphatic rings. The van der Waals surface area contributed by atoms with Crippen molar-refractivity contribution in [1.29, 1.82) is 0 Å². The van der Waals surface area contributed by atoms with Crippen molar-refractivity contribution in [2.24, 2.45) is 5.73 Å². The van der Waals surface area contributed by atoms with E-state index in [1.54, 1.807) is 30.3 Å². The van der Waals surface area contributed by atoms with Gasteiger partial charge in [-0.1, -0.05) is 48.5 Å². The van der Waals surface area contributed by atoms with Crippen molar-refractivity contribution < 1.29 is 14.4 Å². The van der Waals surface area contributed by atoms with Crippen LogP contribution in [0.4, 0.5) is 0 Å². The van der Waals surface area contributed by atoms with Crippen molar-refractivity contribution in [2.75, 3.05) is 0 Å². The number of benzene rings is 2. The van der Waals surface area contributed by atoms with Crippen LogP contribution in [0.2, 0.25) is 0 Å². The van der Waals surface area contributed by atoms with Gasteiger partial charge in [-0.15, -0.1) is 0 Å². The number of nitrogens with two attached hydrogens (primary N) is 1. The lowest BCUT2D eigenvalue weighted by Crippen LogP contribution is -2.48. The van der Waals surface area contributed by atoms with Crippen LogP contribution < -0.4 is 16.4 Å². The molecule has 6 heteroatoms. The maximum atomic E-state index is 12.3. The molecule has 0 aliphatic carbocycles. The molecule has 124 valence electrons. The Bertz CT molecular complexity index is 702. The predicted octanol–water partition coefficient (Wildman–Crippen LogP) is 0.977. The molecule has 0 fully saturated rings. The fourth-order valence-corrected chi connectivity index (χ4v) is 2.15. The highest BCUT2D eigenvalue weighted by atomic mass is 16.2. The third-order valence-electron chi connectivity index (χ3n) is 3.37. The first kappa shape index (κ1) is 17.2. The van der Waals surface area contributed by atoms with Crippen LogP contribution in [0.25, 0.3) is 0 Å². The number of primary amides is 1. The number of nitrogens with one attached hydrogen (secondary N) is 2. The normalized spacial score (nSPS) is 11.3. The summed E-state index contributed by atoms with van der Waals surface area (Å²) < 4.78 is 0. The molecule has 6 nitrogen and oxygen atoms in total. The van der Waals surface area contributed by atoms with E-state index >= 15 is 0 Å². The Hall–Kier alpha value is -3.15. The van der Waals surface area contributed by atoms with E-state index < -0.39 is 23.8 Å². The second kappa shape index (κ2) is 8.47. The molecule has 0 saturated carbocycles. The molecule has 0 heterocycles. The lowest BCUT2D eigenvalue weighted by molar-refractivity contribution is -0.127. The molecule has 4 N–H and O–H groups in total. The van der Waals surface area contributed by atoms with E-state index in [9.17, 15) is 14.4 Å². The third kappa shape index (κ3) is 5.24. The van der Waals surface area contributed by atoms with Crippen molar-refractivity contribution in [3.8, 4) is 0 Å². The number of rotatable bonds is 7. The van der Waals surface area contributed by atoms with Crippen molar-refractivity contribution in [1.82, 2.24) is 10.6 Å². The predicted molar refractivity (Wildman–Crippen MR) is 89.8 cm³/mol. The van der Waals surface area contributed by atoms with Crippen LogP contribution in [0.1, 0.15) is 22.3 Å². The summed E-state index contributed by atoms with van der Waals surface area (Å²) >= 11 is 0. The molecule has 3 amide bonds. The standard InChI is InChI=1S/C18H19N3O3/c19-16(22)11-15(21-17(23)14-9-5-2-6-10-14)18(24)20-12-13-7-3-1-4-8-13/h1-10,15H,11-12H2,(H2,19,22)(H,20,24)(H,21,23). The van der Waals surface area contributed by atoms with Gasteiger partial charge in [-0.2, -0.15) is 0 Å². The van der Waals surface area contributed by atoms with E-state index in [-0.39, 0.29) is 6.42 Å². The second-order valence-corrected chi connectivity index (χ2v) is 5.27. The van der Waals surface area contributed by atoms with Gasteiger partial charge >= 0.3 is 0 Å². The van der Waals surface area contributed by atoms with Gasteiger partial charge in [0.05, 0.1) is 6.42 Å². The molecule has 2 aromatic rings. The van der Waals surface area contributed by atoms with Crippen molar-refractivity contribution >= 4 is 17.7 Å². The summed E-state index contributed by atoms with van der Waals surface area (Å²) in [6.45, 7) is 0.302. The van der Waals surface area contributed by atoms with Crippen molar-refractivity contribution in [2.45, 2.75) is 19.0 Å². The lowest BCUT2D eigenvalue weighted by Gasteiger charge is -2.17. The topological polar surface area (TPSA) is 101 Å². The zero-order valence-electron chi connectivity index (χ0n) is 13.1. The number of amides is 3. The summed E-state index contributed by atoms with van der Waals surface area (Å²) in [6, 6.07) is 16.8. The summed E-state index contributed by atoms with van der Waals surface area (Å²) in [5, 5.41) is 5.25. The molecule has 0 aromatic heterocycles. The van der Waals surface area contributed by atoms with Crippen LogP contribution in [0.3, 0.4) is 0 Å². The van der Waals surface area contributed by atoms with Gasteiger partial charge in [-0.3, -0.25) is 14.4 Å². The van der Waals surface area contributed by atoms with Crippen LogP contribution >= 0.6 is 0 Å². The van der Waals surface area contributed by atoms with E-state index in [0.717, 1.165) is 5.56 Å². The third-order valence-corrected chi connectivity index (χ3v) is 3.37. The first-order chi connectivity index (χ1) is 11.6. The monoisotopic (exact) mass is 325 g/mol. The summed E-state index contributed by atoms with van der Waals surface area (Å²) in [7, 11) is 0. The van der Waals surface area contributed by atoms with Gasteiger partial charge in [-0.05, 0) is 17.7 Å². The Morgan fingerprint density at radius 2 is 1.50 bits per heavy atom. The largest absolute Gasteiger partial charge is 0.370 e. The Morgan fingerprint density at radius 3 is 2.08 bits per heavy atom. The van der Waals surface area contributed by atoms with Gasteiger partial charge in [0, 0.05) is 12.1 Å². The van der Waals surface area contributed by atoms with Gasteiger partial charge in [0.1, 0.15) is 6.04 Å². The molecule has 1 unspecified atom stereocenters. The first-order valence-corrected chi connectivity index (χ1v) is 7.52. The smallest absolute Gasteiger partial charge is 0.251 e. The highest BCUT2D eigenvalue weighted by Gasteiger charge is 2.23. The Labute approximate surface area is 140 Å². The first-order valence-electron chi connectivity index (χ1n) is 7.52. The summed E-state index contributed by atoms with van der Waals surface area (Å²) in [4.78, 5) is 35.7. The maximum Gasteiger partial charge on any atom is 0.251 e. The number of carbonyl (C=O) groups excluding carboxylic acids is 3. The van der Waals surface area contributed by atoms with Crippen LogP contribution in [0, 0.1) is 0 Å². The van der Waals surface area contributed by atoms with E-state index in [1.165, 1.54) is 0 Å². The Morgan fingerprint density at radius 1 is 0.917 bits per heavy atom. The van der Waals surface area contributed by atoms with Gasteiger partial charge in [0.2, 0.25) is 11.8 Å². The molecule has 0 aliphatic heterocycles. The van der Waals surface area contributed by atoms with Gasteiger partial charge in [0.15, 0.2) is 0 Å². The molecular weight excluding hydrogens is 306 g/mol. The fraction of sp³-hybridized carbons (Fsp3) is 0.167. The highest BCUT2D eigenvalue weighted by molar-refractivity contribution is 5.98. The van der Waals surface area contributed by atoms with E-state index in [0.29, 0.717) is 12.1 Å². The minimum atomic E-state index is -1.01. The molecule has 0 bridgehead atoms. The molecule has 0 spiro atoms. The molecule has 2 rings (SSSR count). The Kier molecular flexibility index (Phi) is 6.08. The Balaban J connectivity index is 2.00. The van der Waals surface area contributed by atoms with Gasteiger partial charge in [-0.25, -0.2) is 0 Å². The SMILES string of the molecule is NC(=O)CC(NC(=O)c1ccccc1)C(=O)NCc1ccccc1. The lowest BCUT2D eigenvalue weighted by atomic mass is 10.1. The number of hydrogen-bond donors (Lipinski definition) is 3. The average molecular weight is 325 g/mol. The van der Waals surface area contributed by atoms with Crippen molar-refractivity contribution in [3.63, 3.8) is 0 Å². The molecule has 0 radical (unpaired) electrons. The molecule has 1 atom stereocenters. The van der Waals surface area contributed by atoms with Crippen LogP contribution in [-0.4, -0.2) is 23.8 Å². The maximum absolute atomic E-state index is 12.3. The summed E-state index contributed by atoms with van der Waals surface area (Å²) in [5.41, 5.74) is 6.50. The van der Waals surface area contributed by atoms with E-state index in [2.05, 4.69) is 10.6 Å². The average Bonchev–Trinajstić information content (AvgIpc) is 2.60. The van der Waals surface area contributed by atoms with Crippen LogP contribution in [0.5, 0.6) is 0 Å². The van der Waals surface area contributed by atoms with Crippen LogP contribution in [0.15, 0.2) is 60.7 Å². The molecular formula is C18H19N3O3. The van der Waals surface area contributed by atoms with E-state index in [4.69, 9.17) is 5.73 Å². The number of carbonyl (C=O) groups is 3. The molecule has 24 heavy (non-hydrogen) atoms. The molecule has 0 saturated heterocycles. The van der Waals surface area contributed by atoms with Gasteiger partial charge < -0.3 is 16.4 Å². The number of hydrogen-bond acceptors (Lipinski definition) is 3. The van der Waals surface area contributed by atoms with Crippen LogP contribution in [-0.2, 0) is 16.1 Å². The minimum Gasteiger partial charge on any atom is -0.370 e. The zero-order chi connectivity index (χ0) is 17.4. The van der Waals surface area contributed by atoms with E-state index in [1.807, 2.05) is 30.3 Å². The molecule has 2 aromatic carbocycles. The minimum absolute atomic E-state index is 0.265.